The summed E-state index contributed by atoms with van der Waals surface area (Å²) >= 11 is 0. The SMILES string of the molecule is CCOc1ccc(C(C)NC(C)C2CCCCC2)cc1. The molecule has 112 valence electrons. The molecule has 0 heterocycles. The summed E-state index contributed by atoms with van der Waals surface area (Å²) in [6, 6.07) is 9.51. The molecule has 2 nitrogen and oxygen atoms in total. The van der Waals surface area contributed by atoms with Crippen molar-refractivity contribution >= 4 is 0 Å². The molecule has 2 rings (SSSR count). The van der Waals surface area contributed by atoms with Crippen molar-refractivity contribution in [2.45, 2.75) is 65.0 Å². The Bertz CT molecular complexity index is 381. The Morgan fingerprint density at radius 3 is 2.35 bits per heavy atom. The van der Waals surface area contributed by atoms with Crippen LogP contribution in [-0.2, 0) is 0 Å². The van der Waals surface area contributed by atoms with E-state index in [0.717, 1.165) is 18.3 Å². The van der Waals surface area contributed by atoms with Crippen LogP contribution < -0.4 is 10.1 Å². The average molecular weight is 275 g/mol. The Labute approximate surface area is 123 Å². The van der Waals surface area contributed by atoms with E-state index in [9.17, 15) is 0 Å². The standard InChI is InChI=1S/C18H29NO/c1-4-20-18-12-10-17(11-13-18)15(3)19-14(2)16-8-6-5-7-9-16/h10-16,19H,4-9H2,1-3H3. The van der Waals surface area contributed by atoms with E-state index in [2.05, 4.69) is 43.4 Å². The van der Waals surface area contributed by atoms with E-state index >= 15 is 0 Å². The molecule has 1 saturated carbocycles. The third kappa shape index (κ3) is 4.24. The van der Waals surface area contributed by atoms with Gasteiger partial charge < -0.3 is 10.1 Å². The highest BCUT2D eigenvalue weighted by Gasteiger charge is 2.21. The van der Waals surface area contributed by atoms with Gasteiger partial charge in [0.05, 0.1) is 6.61 Å². The summed E-state index contributed by atoms with van der Waals surface area (Å²) in [4.78, 5) is 0. The second kappa shape index (κ2) is 7.68. The van der Waals surface area contributed by atoms with Crippen molar-refractivity contribution in [2.24, 2.45) is 5.92 Å². The molecule has 1 aliphatic rings. The highest BCUT2D eigenvalue weighted by Crippen LogP contribution is 2.28. The molecule has 0 aliphatic heterocycles. The van der Waals surface area contributed by atoms with Crippen LogP contribution in [0.4, 0.5) is 0 Å². The summed E-state index contributed by atoms with van der Waals surface area (Å²) in [5, 5.41) is 3.78. The van der Waals surface area contributed by atoms with Gasteiger partial charge in [-0.05, 0) is 57.2 Å². The topological polar surface area (TPSA) is 21.3 Å². The zero-order chi connectivity index (χ0) is 14.4. The molecule has 0 aromatic heterocycles. The molecule has 0 bridgehead atoms. The van der Waals surface area contributed by atoms with Crippen molar-refractivity contribution < 1.29 is 4.74 Å². The lowest BCUT2D eigenvalue weighted by Gasteiger charge is -2.30. The van der Waals surface area contributed by atoms with Gasteiger partial charge in [0, 0.05) is 12.1 Å². The predicted octanol–water partition coefficient (Wildman–Crippen LogP) is 4.70. The normalized spacial score (nSPS) is 19.6. The van der Waals surface area contributed by atoms with E-state index in [4.69, 9.17) is 4.74 Å². The average Bonchev–Trinajstić information content (AvgIpc) is 2.49. The summed E-state index contributed by atoms with van der Waals surface area (Å²) in [6.07, 6.45) is 7.04. The number of hydrogen-bond acceptors (Lipinski definition) is 2. The Morgan fingerprint density at radius 1 is 1.10 bits per heavy atom. The molecule has 1 fully saturated rings. The van der Waals surface area contributed by atoms with Gasteiger partial charge in [0.2, 0.25) is 0 Å². The molecular formula is C18H29NO. The molecule has 0 spiro atoms. The highest BCUT2D eigenvalue weighted by molar-refractivity contribution is 5.29. The van der Waals surface area contributed by atoms with Crippen molar-refractivity contribution in [3.8, 4) is 5.75 Å². The smallest absolute Gasteiger partial charge is 0.119 e. The van der Waals surface area contributed by atoms with E-state index in [1.165, 1.54) is 37.7 Å². The van der Waals surface area contributed by atoms with Crippen molar-refractivity contribution in [1.29, 1.82) is 0 Å². The molecule has 2 atom stereocenters. The first-order valence-corrected chi connectivity index (χ1v) is 8.19. The molecule has 20 heavy (non-hydrogen) atoms. The van der Waals surface area contributed by atoms with Crippen molar-refractivity contribution in [3.63, 3.8) is 0 Å². The van der Waals surface area contributed by atoms with Gasteiger partial charge in [0.15, 0.2) is 0 Å². The molecule has 0 saturated heterocycles. The first kappa shape index (κ1) is 15.4. The fourth-order valence-corrected chi connectivity index (χ4v) is 3.28. The number of hydrogen-bond donors (Lipinski definition) is 1. The highest BCUT2D eigenvalue weighted by atomic mass is 16.5. The second-order valence-corrected chi connectivity index (χ2v) is 6.08. The van der Waals surface area contributed by atoms with E-state index in [-0.39, 0.29) is 0 Å². The molecule has 1 N–H and O–H groups in total. The summed E-state index contributed by atoms with van der Waals surface area (Å²) in [6.45, 7) is 7.35. The first-order chi connectivity index (χ1) is 9.70. The molecule has 0 amide bonds. The molecule has 2 unspecified atom stereocenters. The minimum absolute atomic E-state index is 0.405. The molecule has 1 aromatic rings. The molecule has 1 aliphatic carbocycles. The van der Waals surface area contributed by atoms with Crippen LogP contribution in [0.5, 0.6) is 5.75 Å². The van der Waals surface area contributed by atoms with Crippen molar-refractivity contribution in [3.05, 3.63) is 29.8 Å². The zero-order valence-electron chi connectivity index (χ0n) is 13.2. The van der Waals surface area contributed by atoms with Crippen LogP contribution in [0.15, 0.2) is 24.3 Å². The Morgan fingerprint density at radius 2 is 1.75 bits per heavy atom. The van der Waals surface area contributed by atoms with Crippen LogP contribution in [0.2, 0.25) is 0 Å². The predicted molar refractivity (Wildman–Crippen MR) is 85.2 cm³/mol. The van der Waals surface area contributed by atoms with Gasteiger partial charge >= 0.3 is 0 Å². The van der Waals surface area contributed by atoms with Gasteiger partial charge in [0.25, 0.3) is 0 Å². The maximum atomic E-state index is 5.50. The van der Waals surface area contributed by atoms with Crippen molar-refractivity contribution in [1.82, 2.24) is 5.32 Å². The van der Waals surface area contributed by atoms with E-state index in [1.54, 1.807) is 0 Å². The lowest BCUT2D eigenvalue weighted by Crippen LogP contribution is -2.36. The molecular weight excluding hydrogens is 246 g/mol. The summed E-state index contributed by atoms with van der Waals surface area (Å²) in [5.41, 5.74) is 1.34. The number of rotatable bonds is 6. The maximum Gasteiger partial charge on any atom is 0.119 e. The van der Waals surface area contributed by atoms with Crippen molar-refractivity contribution in [2.75, 3.05) is 6.61 Å². The quantitative estimate of drug-likeness (QED) is 0.812. The van der Waals surface area contributed by atoms with Gasteiger partial charge in [-0.3, -0.25) is 0 Å². The van der Waals surface area contributed by atoms with Gasteiger partial charge in [-0.2, -0.15) is 0 Å². The van der Waals surface area contributed by atoms with Crippen LogP contribution in [-0.4, -0.2) is 12.6 Å². The minimum atomic E-state index is 0.405. The van der Waals surface area contributed by atoms with Crippen LogP contribution in [0.3, 0.4) is 0 Å². The number of nitrogens with one attached hydrogen (secondary N) is 1. The van der Waals surface area contributed by atoms with Gasteiger partial charge in [-0.25, -0.2) is 0 Å². The first-order valence-electron chi connectivity index (χ1n) is 8.19. The fraction of sp³-hybridized carbons (Fsp3) is 0.667. The Balaban J connectivity index is 1.88. The van der Waals surface area contributed by atoms with Crippen LogP contribution in [0.25, 0.3) is 0 Å². The Kier molecular flexibility index (Phi) is 5.90. The van der Waals surface area contributed by atoms with Crippen LogP contribution in [0, 0.1) is 5.92 Å². The van der Waals surface area contributed by atoms with Gasteiger partial charge in [-0.1, -0.05) is 31.4 Å². The lowest BCUT2D eigenvalue weighted by molar-refractivity contribution is 0.268. The van der Waals surface area contributed by atoms with E-state index in [0.29, 0.717) is 12.1 Å². The second-order valence-electron chi connectivity index (χ2n) is 6.08. The summed E-state index contributed by atoms with van der Waals surface area (Å²) in [5.74, 6) is 1.82. The summed E-state index contributed by atoms with van der Waals surface area (Å²) in [7, 11) is 0. The van der Waals surface area contributed by atoms with Gasteiger partial charge in [0.1, 0.15) is 5.75 Å². The van der Waals surface area contributed by atoms with E-state index in [1.807, 2.05) is 6.92 Å². The monoisotopic (exact) mass is 275 g/mol. The Hall–Kier alpha value is -1.02. The van der Waals surface area contributed by atoms with E-state index < -0.39 is 0 Å². The third-order valence-corrected chi connectivity index (χ3v) is 4.56. The summed E-state index contributed by atoms with van der Waals surface area (Å²) < 4.78 is 5.50. The van der Waals surface area contributed by atoms with Crippen LogP contribution in [0.1, 0.15) is 64.5 Å². The number of benzene rings is 1. The minimum Gasteiger partial charge on any atom is -0.494 e. The molecule has 2 heteroatoms. The fourth-order valence-electron chi connectivity index (χ4n) is 3.28. The van der Waals surface area contributed by atoms with Gasteiger partial charge in [-0.15, -0.1) is 0 Å². The zero-order valence-corrected chi connectivity index (χ0v) is 13.2. The number of ether oxygens (including phenoxy) is 1. The van der Waals surface area contributed by atoms with Crippen LogP contribution >= 0.6 is 0 Å². The molecule has 1 aromatic carbocycles. The third-order valence-electron chi connectivity index (χ3n) is 4.56. The largest absolute Gasteiger partial charge is 0.494 e. The lowest BCUT2D eigenvalue weighted by atomic mass is 9.84. The molecule has 0 radical (unpaired) electrons. The maximum absolute atomic E-state index is 5.50.